The lowest BCUT2D eigenvalue weighted by Crippen LogP contribution is -1.87. The smallest absolute Gasteiger partial charge is 0.117 e. The van der Waals surface area contributed by atoms with E-state index in [9.17, 15) is 0 Å². The van der Waals surface area contributed by atoms with Gasteiger partial charge >= 0.3 is 0 Å². The van der Waals surface area contributed by atoms with Gasteiger partial charge in [0.2, 0.25) is 0 Å². The van der Waals surface area contributed by atoms with Crippen LogP contribution < -0.4 is 5.73 Å². The molecule has 0 radical (unpaired) electrons. The molecule has 0 spiro atoms. The molecule has 1 aromatic heterocycles. The minimum Gasteiger partial charge on any atom is -0.390 e. The zero-order chi connectivity index (χ0) is 9.80. The van der Waals surface area contributed by atoms with Crippen molar-refractivity contribution in [2.24, 2.45) is 15.7 Å². The molecule has 0 atom stereocenters. The second-order valence-electron chi connectivity index (χ2n) is 2.55. The highest BCUT2D eigenvalue weighted by Gasteiger charge is 1.96. The first-order valence-electron chi connectivity index (χ1n) is 3.99. The van der Waals surface area contributed by atoms with Crippen LogP contribution in [0.2, 0.25) is 0 Å². The fourth-order valence-electron chi connectivity index (χ4n) is 1.07. The Morgan fingerprint density at radius 1 is 1.43 bits per heavy atom. The minimum absolute atomic E-state index is 0.828. The van der Waals surface area contributed by atoms with Crippen LogP contribution in [0.5, 0.6) is 0 Å². The van der Waals surface area contributed by atoms with E-state index in [0.29, 0.717) is 0 Å². The monoisotopic (exact) mass is 204 g/mol. The van der Waals surface area contributed by atoms with Gasteiger partial charge in [0.05, 0.1) is 27.8 Å². The number of nitrogens with two attached hydrogens (primary N) is 1. The Morgan fingerprint density at radius 3 is 3.21 bits per heavy atom. The van der Waals surface area contributed by atoms with Crippen LogP contribution in [-0.2, 0) is 0 Å². The maximum Gasteiger partial charge on any atom is 0.117 e. The first-order chi connectivity index (χ1) is 6.90. The summed E-state index contributed by atoms with van der Waals surface area (Å²) in [5, 5.41) is 0. The van der Waals surface area contributed by atoms with E-state index >= 15 is 0 Å². The van der Waals surface area contributed by atoms with Crippen LogP contribution in [0.4, 0.5) is 5.69 Å². The molecule has 0 aliphatic rings. The van der Waals surface area contributed by atoms with Crippen molar-refractivity contribution in [2.75, 3.05) is 0 Å². The summed E-state index contributed by atoms with van der Waals surface area (Å²) >= 11 is 1.61. The molecule has 2 aromatic rings. The Bertz CT molecular complexity index is 486. The third-order valence-corrected chi connectivity index (χ3v) is 2.48. The fraction of sp³-hybridized carbons (Fsp3) is 0. The van der Waals surface area contributed by atoms with E-state index in [4.69, 9.17) is 5.73 Å². The number of benzene rings is 1. The molecule has 0 amide bonds. The van der Waals surface area contributed by atoms with E-state index < -0.39 is 0 Å². The number of rotatable bonds is 2. The van der Waals surface area contributed by atoms with Crippen molar-refractivity contribution in [2.45, 2.75) is 0 Å². The van der Waals surface area contributed by atoms with Crippen LogP contribution in [0.1, 0.15) is 0 Å². The van der Waals surface area contributed by atoms with E-state index in [1.54, 1.807) is 11.3 Å². The zero-order valence-corrected chi connectivity index (χ0v) is 8.11. The summed E-state index contributed by atoms with van der Waals surface area (Å²) in [5.74, 6) is 0. The van der Waals surface area contributed by atoms with Crippen LogP contribution >= 0.6 is 11.3 Å². The van der Waals surface area contributed by atoms with Gasteiger partial charge in [0.1, 0.15) is 6.34 Å². The summed E-state index contributed by atoms with van der Waals surface area (Å²) in [7, 11) is 0. The Hall–Kier alpha value is -1.75. The molecule has 5 heteroatoms. The van der Waals surface area contributed by atoms with Gasteiger partial charge in [0.15, 0.2) is 0 Å². The summed E-state index contributed by atoms with van der Waals surface area (Å²) in [5.41, 5.74) is 8.68. The van der Waals surface area contributed by atoms with Crippen molar-refractivity contribution in [1.29, 1.82) is 0 Å². The molecule has 0 fully saturated rings. The molecule has 14 heavy (non-hydrogen) atoms. The van der Waals surface area contributed by atoms with Crippen molar-refractivity contribution < 1.29 is 0 Å². The third kappa shape index (κ3) is 1.77. The van der Waals surface area contributed by atoms with Gasteiger partial charge < -0.3 is 5.73 Å². The molecule has 70 valence electrons. The predicted molar refractivity (Wildman–Crippen MR) is 60.5 cm³/mol. The minimum atomic E-state index is 0.828. The van der Waals surface area contributed by atoms with Crippen LogP contribution in [-0.4, -0.2) is 17.7 Å². The molecule has 2 N–H and O–H groups in total. The van der Waals surface area contributed by atoms with E-state index in [1.807, 2.05) is 23.7 Å². The molecule has 0 aliphatic carbocycles. The lowest BCUT2D eigenvalue weighted by Gasteiger charge is -1.91. The second kappa shape index (κ2) is 3.97. The average Bonchev–Trinajstić information content (AvgIpc) is 2.65. The Morgan fingerprint density at radius 2 is 2.36 bits per heavy atom. The first kappa shape index (κ1) is 8.83. The number of aromatic nitrogens is 1. The summed E-state index contributed by atoms with van der Waals surface area (Å²) < 4.78 is 1.16. The van der Waals surface area contributed by atoms with Crippen molar-refractivity contribution in [3.05, 3.63) is 23.7 Å². The number of aliphatic imine (C=N–C) groups is 2. The van der Waals surface area contributed by atoms with Gasteiger partial charge in [-0.15, -0.1) is 11.3 Å². The molecule has 1 aromatic carbocycles. The number of thiazole rings is 1. The highest BCUT2D eigenvalue weighted by atomic mass is 32.1. The molecule has 0 aliphatic heterocycles. The summed E-state index contributed by atoms with van der Waals surface area (Å²) in [6.45, 7) is 0. The Labute approximate surface area is 84.8 Å². The summed E-state index contributed by atoms with van der Waals surface area (Å²) in [6, 6.07) is 5.82. The summed E-state index contributed by atoms with van der Waals surface area (Å²) in [4.78, 5) is 12.0. The molecule has 0 saturated heterocycles. The van der Waals surface area contributed by atoms with E-state index in [0.717, 1.165) is 15.9 Å². The SMILES string of the molecule is NC=NC=Nc1ccc2scnc2c1. The topological polar surface area (TPSA) is 63.6 Å². The third-order valence-electron chi connectivity index (χ3n) is 1.67. The Kier molecular flexibility index (Phi) is 2.51. The zero-order valence-electron chi connectivity index (χ0n) is 7.29. The fourth-order valence-corrected chi connectivity index (χ4v) is 1.72. The van der Waals surface area contributed by atoms with Crippen molar-refractivity contribution in [3.63, 3.8) is 0 Å². The van der Waals surface area contributed by atoms with Crippen molar-refractivity contribution in [1.82, 2.24) is 4.98 Å². The highest BCUT2D eigenvalue weighted by molar-refractivity contribution is 7.16. The van der Waals surface area contributed by atoms with E-state index in [-0.39, 0.29) is 0 Å². The van der Waals surface area contributed by atoms with Crippen molar-refractivity contribution in [3.8, 4) is 0 Å². The van der Waals surface area contributed by atoms with Crippen LogP contribution in [0.3, 0.4) is 0 Å². The van der Waals surface area contributed by atoms with Gasteiger partial charge in [-0.3, -0.25) is 0 Å². The maximum absolute atomic E-state index is 5.07. The lowest BCUT2D eigenvalue weighted by atomic mass is 10.3. The van der Waals surface area contributed by atoms with Gasteiger partial charge in [-0.1, -0.05) is 0 Å². The average molecular weight is 204 g/mol. The van der Waals surface area contributed by atoms with Crippen LogP contribution in [0, 0.1) is 0 Å². The number of hydrogen-bond acceptors (Lipinski definition) is 3. The Balaban J connectivity index is 2.34. The molecule has 2 rings (SSSR count). The first-order valence-corrected chi connectivity index (χ1v) is 4.87. The number of nitrogens with zero attached hydrogens (tertiary/aromatic N) is 3. The standard InChI is InChI=1S/C9H8N4S/c10-4-11-5-12-7-1-2-9-8(3-7)13-6-14-9/h1-6H,(H2,10,11,12). The summed E-state index contributed by atoms with van der Waals surface area (Å²) in [6.07, 6.45) is 2.61. The number of fused-ring (bicyclic) bond motifs is 1. The molecule has 1 heterocycles. The molecular weight excluding hydrogens is 196 g/mol. The molecule has 4 nitrogen and oxygen atoms in total. The van der Waals surface area contributed by atoms with Gasteiger partial charge in [0.25, 0.3) is 0 Å². The largest absolute Gasteiger partial charge is 0.390 e. The molecular formula is C9H8N4S. The number of hydrogen-bond donors (Lipinski definition) is 1. The van der Waals surface area contributed by atoms with Gasteiger partial charge in [-0.25, -0.2) is 15.0 Å². The van der Waals surface area contributed by atoms with Crippen molar-refractivity contribution >= 4 is 39.9 Å². The van der Waals surface area contributed by atoms with Crippen LogP contribution in [0.15, 0.2) is 33.7 Å². The van der Waals surface area contributed by atoms with E-state index in [2.05, 4.69) is 15.0 Å². The second-order valence-corrected chi connectivity index (χ2v) is 3.43. The maximum atomic E-state index is 5.07. The molecule has 0 bridgehead atoms. The van der Waals surface area contributed by atoms with Gasteiger partial charge in [-0.05, 0) is 18.2 Å². The van der Waals surface area contributed by atoms with Gasteiger partial charge in [-0.2, -0.15) is 0 Å². The van der Waals surface area contributed by atoms with Gasteiger partial charge in [0, 0.05) is 0 Å². The molecule has 0 unspecified atom stereocenters. The molecule has 0 saturated carbocycles. The van der Waals surface area contributed by atoms with E-state index in [1.165, 1.54) is 12.7 Å². The quantitative estimate of drug-likeness (QED) is 0.600. The highest BCUT2D eigenvalue weighted by Crippen LogP contribution is 2.22. The normalized spacial score (nSPS) is 12.0. The predicted octanol–water partition coefficient (Wildman–Crippen LogP) is 1.94. The lowest BCUT2D eigenvalue weighted by molar-refractivity contribution is 1.47. The van der Waals surface area contributed by atoms with Crippen LogP contribution in [0.25, 0.3) is 10.2 Å².